The van der Waals surface area contributed by atoms with Crippen molar-refractivity contribution in [2.45, 2.75) is 31.7 Å². The van der Waals surface area contributed by atoms with E-state index in [1.807, 2.05) is 0 Å². The number of hydrogen-bond acceptors (Lipinski definition) is 3. The molecule has 0 aromatic heterocycles. The SMILES string of the molecule is COC(=O)C[C@H](N)C1CCC1. The average Bonchev–Trinajstić information content (AvgIpc) is 1.83. The van der Waals surface area contributed by atoms with Crippen molar-refractivity contribution in [2.75, 3.05) is 7.11 Å². The van der Waals surface area contributed by atoms with E-state index in [0.717, 1.165) is 0 Å². The van der Waals surface area contributed by atoms with Gasteiger partial charge in [-0.2, -0.15) is 0 Å². The molecule has 1 rings (SSSR count). The lowest BCUT2D eigenvalue weighted by Gasteiger charge is -2.30. The molecule has 11 heavy (non-hydrogen) atoms. The molecule has 2 N–H and O–H groups in total. The number of esters is 1. The van der Waals surface area contributed by atoms with Crippen molar-refractivity contribution in [2.24, 2.45) is 11.7 Å². The van der Waals surface area contributed by atoms with E-state index in [9.17, 15) is 4.79 Å². The molecule has 0 aromatic rings. The zero-order valence-corrected chi connectivity index (χ0v) is 6.88. The Morgan fingerprint density at radius 3 is 2.73 bits per heavy atom. The van der Waals surface area contributed by atoms with Gasteiger partial charge in [0.2, 0.25) is 0 Å². The van der Waals surface area contributed by atoms with Crippen molar-refractivity contribution >= 4 is 5.97 Å². The van der Waals surface area contributed by atoms with Gasteiger partial charge in [0.1, 0.15) is 0 Å². The maximum Gasteiger partial charge on any atom is 0.307 e. The summed E-state index contributed by atoms with van der Waals surface area (Å²) in [7, 11) is 1.40. The second kappa shape index (κ2) is 3.72. The number of carbonyl (C=O) groups is 1. The smallest absolute Gasteiger partial charge is 0.307 e. The topological polar surface area (TPSA) is 52.3 Å². The van der Waals surface area contributed by atoms with Crippen LogP contribution in [-0.2, 0) is 9.53 Å². The number of nitrogens with two attached hydrogens (primary N) is 1. The summed E-state index contributed by atoms with van der Waals surface area (Å²) in [4.78, 5) is 10.8. The highest BCUT2D eigenvalue weighted by Gasteiger charge is 2.26. The minimum absolute atomic E-state index is 0.0243. The van der Waals surface area contributed by atoms with Gasteiger partial charge in [0, 0.05) is 6.04 Å². The van der Waals surface area contributed by atoms with Crippen LogP contribution in [-0.4, -0.2) is 19.1 Å². The van der Waals surface area contributed by atoms with E-state index in [4.69, 9.17) is 5.73 Å². The van der Waals surface area contributed by atoms with Crippen LogP contribution in [0.15, 0.2) is 0 Å². The quantitative estimate of drug-likeness (QED) is 0.613. The Balaban J connectivity index is 2.19. The highest BCUT2D eigenvalue weighted by atomic mass is 16.5. The molecule has 3 heteroatoms. The van der Waals surface area contributed by atoms with Crippen LogP contribution in [0.3, 0.4) is 0 Å². The lowest BCUT2D eigenvalue weighted by atomic mass is 9.79. The van der Waals surface area contributed by atoms with Crippen molar-refractivity contribution in [3.63, 3.8) is 0 Å². The molecule has 1 aliphatic rings. The molecule has 0 unspecified atom stereocenters. The fraction of sp³-hybridized carbons (Fsp3) is 0.875. The van der Waals surface area contributed by atoms with Gasteiger partial charge in [0.05, 0.1) is 13.5 Å². The summed E-state index contributed by atoms with van der Waals surface area (Å²) in [5, 5.41) is 0. The molecule has 1 saturated carbocycles. The molecule has 0 aromatic carbocycles. The molecule has 0 saturated heterocycles. The molecule has 3 nitrogen and oxygen atoms in total. The van der Waals surface area contributed by atoms with E-state index in [-0.39, 0.29) is 12.0 Å². The summed E-state index contributed by atoms with van der Waals surface area (Å²) in [5.74, 6) is 0.374. The summed E-state index contributed by atoms with van der Waals surface area (Å²) >= 11 is 0. The molecule has 0 amide bonds. The minimum Gasteiger partial charge on any atom is -0.469 e. The van der Waals surface area contributed by atoms with Gasteiger partial charge in [-0.05, 0) is 18.8 Å². The first-order valence-electron chi connectivity index (χ1n) is 4.06. The van der Waals surface area contributed by atoms with E-state index in [2.05, 4.69) is 4.74 Å². The predicted octanol–water partition coefficient (Wildman–Crippen LogP) is 0.677. The maximum absolute atomic E-state index is 10.8. The van der Waals surface area contributed by atoms with Crippen molar-refractivity contribution < 1.29 is 9.53 Å². The van der Waals surface area contributed by atoms with Crippen molar-refractivity contribution in [1.29, 1.82) is 0 Å². The van der Waals surface area contributed by atoms with Crippen molar-refractivity contribution in [3.05, 3.63) is 0 Å². The number of methoxy groups -OCH3 is 1. The summed E-state index contributed by atoms with van der Waals surface area (Å²) in [6.07, 6.45) is 4.00. The zero-order valence-electron chi connectivity index (χ0n) is 6.88. The Kier molecular flexibility index (Phi) is 2.88. The monoisotopic (exact) mass is 157 g/mol. The minimum atomic E-state index is -0.190. The lowest BCUT2D eigenvalue weighted by molar-refractivity contribution is -0.141. The molecular weight excluding hydrogens is 142 g/mol. The Labute approximate surface area is 66.9 Å². The molecule has 0 bridgehead atoms. The molecule has 0 heterocycles. The molecule has 0 radical (unpaired) electrons. The summed E-state index contributed by atoms with van der Waals surface area (Å²) in [6, 6.07) is 0.0243. The first-order chi connectivity index (χ1) is 5.24. The van der Waals surface area contributed by atoms with Gasteiger partial charge in [-0.25, -0.2) is 0 Å². The molecular formula is C8H15NO2. The predicted molar refractivity (Wildman–Crippen MR) is 41.9 cm³/mol. The van der Waals surface area contributed by atoms with Crippen molar-refractivity contribution in [3.8, 4) is 0 Å². The fourth-order valence-electron chi connectivity index (χ4n) is 1.31. The van der Waals surface area contributed by atoms with Crippen LogP contribution in [0.4, 0.5) is 0 Å². The second-order valence-electron chi connectivity index (χ2n) is 3.14. The third-order valence-corrected chi connectivity index (χ3v) is 2.39. The van der Waals surface area contributed by atoms with E-state index >= 15 is 0 Å². The number of carbonyl (C=O) groups excluding carboxylic acids is 1. The fourth-order valence-corrected chi connectivity index (χ4v) is 1.31. The molecule has 1 fully saturated rings. The number of hydrogen-bond donors (Lipinski definition) is 1. The number of rotatable bonds is 3. The molecule has 1 atom stereocenters. The summed E-state index contributed by atoms with van der Waals surface area (Å²) in [6.45, 7) is 0. The van der Waals surface area contributed by atoms with Crippen LogP contribution >= 0.6 is 0 Å². The van der Waals surface area contributed by atoms with Gasteiger partial charge < -0.3 is 10.5 Å². The van der Waals surface area contributed by atoms with Gasteiger partial charge in [-0.15, -0.1) is 0 Å². The van der Waals surface area contributed by atoms with Gasteiger partial charge in [0.25, 0.3) is 0 Å². The largest absolute Gasteiger partial charge is 0.469 e. The van der Waals surface area contributed by atoms with Crippen LogP contribution in [0.25, 0.3) is 0 Å². The first kappa shape index (κ1) is 8.53. The molecule has 0 aliphatic heterocycles. The molecule has 64 valence electrons. The van der Waals surface area contributed by atoms with E-state index in [0.29, 0.717) is 12.3 Å². The Hall–Kier alpha value is -0.570. The maximum atomic E-state index is 10.8. The molecule has 0 spiro atoms. The van der Waals surface area contributed by atoms with Crippen LogP contribution < -0.4 is 5.73 Å². The average molecular weight is 157 g/mol. The van der Waals surface area contributed by atoms with E-state index in [1.165, 1.54) is 26.4 Å². The summed E-state index contributed by atoms with van der Waals surface area (Å²) in [5.41, 5.74) is 5.75. The van der Waals surface area contributed by atoms with Gasteiger partial charge in [-0.1, -0.05) is 6.42 Å². The van der Waals surface area contributed by atoms with Crippen LogP contribution in [0.1, 0.15) is 25.7 Å². The lowest BCUT2D eigenvalue weighted by Crippen LogP contribution is -2.36. The first-order valence-corrected chi connectivity index (χ1v) is 4.06. The van der Waals surface area contributed by atoms with Gasteiger partial charge in [-0.3, -0.25) is 4.79 Å². The van der Waals surface area contributed by atoms with E-state index in [1.54, 1.807) is 0 Å². The van der Waals surface area contributed by atoms with Crippen LogP contribution in [0.2, 0.25) is 0 Å². The van der Waals surface area contributed by atoms with Crippen LogP contribution in [0, 0.1) is 5.92 Å². The molecule has 1 aliphatic carbocycles. The third-order valence-electron chi connectivity index (χ3n) is 2.39. The highest BCUT2D eigenvalue weighted by Crippen LogP contribution is 2.29. The standard InChI is InChI=1S/C8H15NO2/c1-11-8(10)5-7(9)6-3-2-4-6/h6-7H,2-5,9H2,1H3/t7-/m0/s1. The van der Waals surface area contributed by atoms with E-state index < -0.39 is 0 Å². The zero-order chi connectivity index (χ0) is 8.27. The van der Waals surface area contributed by atoms with Gasteiger partial charge in [0.15, 0.2) is 0 Å². The Morgan fingerprint density at radius 2 is 2.36 bits per heavy atom. The van der Waals surface area contributed by atoms with Crippen LogP contribution in [0.5, 0.6) is 0 Å². The highest BCUT2D eigenvalue weighted by molar-refractivity contribution is 5.69. The Bertz CT molecular complexity index is 143. The Morgan fingerprint density at radius 1 is 1.73 bits per heavy atom. The second-order valence-corrected chi connectivity index (χ2v) is 3.14. The van der Waals surface area contributed by atoms with Crippen molar-refractivity contribution in [1.82, 2.24) is 0 Å². The number of ether oxygens (including phenoxy) is 1. The summed E-state index contributed by atoms with van der Waals surface area (Å²) < 4.78 is 4.52. The third kappa shape index (κ3) is 2.19. The van der Waals surface area contributed by atoms with Gasteiger partial charge >= 0.3 is 5.97 Å². The normalized spacial score (nSPS) is 20.5.